The van der Waals surface area contributed by atoms with E-state index in [0.29, 0.717) is 25.5 Å². The molecule has 2 amide bonds. The van der Waals surface area contributed by atoms with Crippen LogP contribution in [0, 0.1) is 0 Å². The zero-order valence-electron chi connectivity index (χ0n) is 10.2. The molecule has 0 aromatic rings. The van der Waals surface area contributed by atoms with Gasteiger partial charge in [0, 0.05) is 19.6 Å². The monoisotopic (exact) mass is 253 g/mol. The summed E-state index contributed by atoms with van der Waals surface area (Å²) < 4.78 is 10.1. The van der Waals surface area contributed by atoms with Gasteiger partial charge in [-0.05, 0) is 6.92 Å². The van der Waals surface area contributed by atoms with Crippen LogP contribution in [-0.2, 0) is 14.3 Å². The molecule has 7 heteroatoms. The van der Waals surface area contributed by atoms with E-state index in [0.717, 1.165) is 13.1 Å². The van der Waals surface area contributed by atoms with Gasteiger partial charge in [0.05, 0.1) is 25.5 Å². The largest absolute Gasteiger partial charge is 0.461 e. The van der Waals surface area contributed by atoms with Crippen molar-refractivity contribution >= 4 is 23.4 Å². The van der Waals surface area contributed by atoms with Gasteiger partial charge in [0.2, 0.25) is 0 Å². The zero-order valence-corrected chi connectivity index (χ0v) is 10.2. The normalized spacial score (nSPS) is 20.6. The number of nitrogens with zero attached hydrogens (tertiary/aromatic N) is 3. The van der Waals surface area contributed by atoms with Gasteiger partial charge in [0.15, 0.2) is 5.71 Å². The molecule has 2 rings (SSSR count). The Hall–Kier alpha value is -1.60. The van der Waals surface area contributed by atoms with Crippen LogP contribution < -0.4 is 0 Å². The molecule has 0 unspecified atom stereocenters. The summed E-state index contributed by atoms with van der Waals surface area (Å²) in [6, 6.07) is -0.638. The van der Waals surface area contributed by atoms with E-state index >= 15 is 0 Å². The lowest BCUT2D eigenvalue weighted by atomic mass is 10.2. The summed E-state index contributed by atoms with van der Waals surface area (Å²) in [5.74, 6) is -0.588. The van der Waals surface area contributed by atoms with Crippen molar-refractivity contribution < 1.29 is 19.1 Å². The first-order valence-corrected chi connectivity index (χ1v) is 5.88. The van der Waals surface area contributed by atoms with Crippen LogP contribution in [0.1, 0.15) is 6.92 Å². The van der Waals surface area contributed by atoms with E-state index in [9.17, 15) is 9.59 Å². The van der Waals surface area contributed by atoms with Crippen molar-refractivity contribution in [1.82, 2.24) is 4.90 Å². The van der Waals surface area contributed by atoms with Crippen LogP contribution in [-0.4, -0.2) is 67.8 Å². The lowest BCUT2D eigenvalue weighted by Gasteiger charge is -2.26. The molecule has 0 bridgehead atoms. The van der Waals surface area contributed by atoms with Crippen LogP contribution in [0.3, 0.4) is 0 Å². The van der Waals surface area contributed by atoms with Crippen molar-refractivity contribution in [2.75, 3.05) is 39.5 Å². The summed E-state index contributed by atoms with van der Waals surface area (Å²) in [5.41, 5.74) is 0.425. The second-order valence-corrected chi connectivity index (χ2v) is 3.91. The van der Waals surface area contributed by atoms with Crippen molar-refractivity contribution in [2.24, 2.45) is 9.98 Å². The molecule has 0 aromatic carbocycles. The van der Waals surface area contributed by atoms with E-state index in [1.54, 1.807) is 6.92 Å². The van der Waals surface area contributed by atoms with Gasteiger partial charge in [-0.1, -0.05) is 0 Å². The van der Waals surface area contributed by atoms with E-state index in [2.05, 4.69) is 14.9 Å². The van der Waals surface area contributed by atoms with Crippen LogP contribution in [0.4, 0.5) is 4.79 Å². The van der Waals surface area contributed by atoms with Crippen molar-refractivity contribution in [2.45, 2.75) is 6.92 Å². The Morgan fingerprint density at radius 3 is 2.78 bits per heavy atom. The van der Waals surface area contributed by atoms with Gasteiger partial charge in [0.25, 0.3) is 0 Å². The van der Waals surface area contributed by atoms with Crippen molar-refractivity contribution in [3.63, 3.8) is 0 Å². The molecular weight excluding hydrogens is 238 g/mol. The summed E-state index contributed by atoms with van der Waals surface area (Å²) in [4.78, 5) is 32.2. The first-order valence-electron chi connectivity index (χ1n) is 5.88. The number of hydrogen-bond acceptors (Lipinski definition) is 5. The minimum atomic E-state index is -0.638. The van der Waals surface area contributed by atoms with Crippen LogP contribution in [0.25, 0.3) is 0 Å². The van der Waals surface area contributed by atoms with Gasteiger partial charge in [-0.15, -0.1) is 0 Å². The number of aliphatic imine (C=N–C) groups is 2. The third-order valence-corrected chi connectivity index (χ3v) is 2.66. The Kier molecular flexibility index (Phi) is 4.16. The molecule has 18 heavy (non-hydrogen) atoms. The van der Waals surface area contributed by atoms with E-state index in [4.69, 9.17) is 9.47 Å². The van der Waals surface area contributed by atoms with Crippen molar-refractivity contribution in [3.8, 4) is 0 Å². The SMILES string of the molecule is CCOC(=O)C1=NC(=O)N=C1CN1CCOCC1. The van der Waals surface area contributed by atoms with Crippen molar-refractivity contribution in [1.29, 1.82) is 0 Å². The van der Waals surface area contributed by atoms with Gasteiger partial charge in [0.1, 0.15) is 0 Å². The molecule has 0 spiro atoms. The molecule has 0 aromatic heterocycles. The molecule has 0 saturated carbocycles. The number of amides is 2. The third kappa shape index (κ3) is 2.99. The Morgan fingerprint density at radius 2 is 2.11 bits per heavy atom. The molecule has 2 aliphatic rings. The maximum atomic E-state index is 11.6. The number of hydrogen-bond donors (Lipinski definition) is 0. The van der Waals surface area contributed by atoms with E-state index in [-0.39, 0.29) is 12.3 Å². The Morgan fingerprint density at radius 1 is 1.39 bits per heavy atom. The molecule has 2 heterocycles. The first kappa shape index (κ1) is 12.8. The van der Waals surface area contributed by atoms with E-state index in [1.165, 1.54) is 0 Å². The Balaban J connectivity index is 2.02. The average molecular weight is 253 g/mol. The van der Waals surface area contributed by atoms with Crippen LogP contribution in [0.15, 0.2) is 9.98 Å². The zero-order chi connectivity index (χ0) is 13.0. The smallest absolute Gasteiger partial charge is 0.368 e. The number of urea groups is 1. The topological polar surface area (TPSA) is 80.6 Å². The first-order chi connectivity index (χ1) is 8.70. The van der Waals surface area contributed by atoms with E-state index in [1.807, 2.05) is 0 Å². The quantitative estimate of drug-likeness (QED) is 0.653. The number of esters is 1. The van der Waals surface area contributed by atoms with Gasteiger partial charge in [-0.25, -0.2) is 9.59 Å². The molecule has 1 saturated heterocycles. The fourth-order valence-electron chi connectivity index (χ4n) is 1.80. The molecule has 0 radical (unpaired) electrons. The second kappa shape index (κ2) is 5.83. The average Bonchev–Trinajstić information content (AvgIpc) is 2.72. The summed E-state index contributed by atoms with van der Waals surface area (Å²) in [6.45, 7) is 5.17. The highest BCUT2D eigenvalue weighted by molar-refractivity contribution is 6.69. The van der Waals surface area contributed by atoms with Crippen LogP contribution in [0.2, 0.25) is 0 Å². The molecule has 0 N–H and O–H groups in total. The predicted molar refractivity (Wildman–Crippen MR) is 64.2 cm³/mol. The summed E-state index contributed by atoms with van der Waals surface area (Å²) in [7, 11) is 0. The summed E-state index contributed by atoms with van der Waals surface area (Å²) in [5, 5.41) is 0. The summed E-state index contributed by atoms with van der Waals surface area (Å²) >= 11 is 0. The highest BCUT2D eigenvalue weighted by Crippen LogP contribution is 2.06. The number of carbonyl (C=O) groups excluding carboxylic acids is 2. The van der Waals surface area contributed by atoms with Gasteiger partial charge >= 0.3 is 12.0 Å². The fourth-order valence-corrected chi connectivity index (χ4v) is 1.80. The molecule has 1 fully saturated rings. The van der Waals surface area contributed by atoms with Crippen LogP contribution >= 0.6 is 0 Å². The standard InChI is InChI=1S/C11H15N3O4/c1-2-18-10(15)9-8(12-11(16)13-9)7-14-3-5-17-6-4-14/h2-7H2,1H3. The van der Waals surface area contributed by atoms with Crippen LogP contribution in [0.5, 0.6) is 0 Å². The lowest BCUT2D eigenvalue weighted by Crippen LogP contribution is -2.42. The highest BCUT2D eigenvalue weighted by atomic mass is 16.5. The predicted octanol–water partition coefficient (Wildman–Crippen LogP) is -0.103. The van der Waals surface area contributed by atoms with Gasteiger partial charge in [-0.2, -0.15) is 9.98 Å². The third-order valence-electron chi connectivity index (χ3n) is 2.66. The molecule has 0 atom stereocenters. The maximum absolute atomic E-state index is 11.6. The fraction of sp³-hybridized carbons (Fsp3) is 0.636. The Bertz CT molecular complexity index is 411. The minimum Gasteiger partial charge on any atom is -0.461 e. The number of morpholine rings is 1. The van der Waals surface area contributed by atoms with Gasteiger partial charge < -0.3 is 9.47 Å². The Labute approximate surface area is 104 Å². The molecule has 2 aliphatic heterocycles. The lowest BCUT2D eigenvalue weighted by molar-refractivity contribution is -0.134. The number of ether oxygens (including phenoxy) is 2. The summed E-state index contributed by atoms with van der Waals surface area (Å²) in [6.07, 6.45) is 0. The number of rotatable bonds is 4. The van der Waals surface area contributed by atoms with Crippen molar-refractivity contribution in [3.05, 3.63) is 0 Å². The molecule has 0 aliphatic carbocycles. The maximum Gasteiger partial charge on any atom is 0.368 e. The molecule has 7 nitrogen and oxygen atoms in total. The number of carbonyl (C=O) groups is 2. The molecular formula is C11H15N3O4. The van der Waals surface area contributed by atoms with E-state index < -0.39 is 12.0 Å². The molecule has 98 valence electrons. The minimum absolute atomic E-state index is 0.0355. The second-order valence-electron chi connectivity index (χ2n) is 3.91. The highest BCUT2D eigenvalue weighted by Gasteiger charge is 2.28. The van der Waals surface area contributed by atoms with Gasteiger partial charge in [-0.3, -0.25) is 4.90 Å².